The van der Waals surface area contributed by atoms with Crippen LogP contribution < -0.4 is 4.90 Å². The van der Waals surface area contributed by atoms with Crippen molar-refractivity contribution < 1.29 is 9.90 Å². The molecule has 2 heterocycles. The number of piperidine rings is 1. The maximum absolute atomic E-state index is 11.1. The van der Waals surface area contributed by atoms with E-state index in [1.807, 2.05) is 12.1 Å². The van der Waals surface area contributed by atoms with E-state index in [-0.39, 0.29) is 0 Å². The van der Waals surface area contributed by atoms with Crippen molar-refractivity contribution in [1.29, 1.82) is 0 Å². The molecule has 0 amide bonds. The Morgan fingerprint density at radius 2 is 1.84 bits per heavy atom. The van der Waals surface area contributed by atoms with Gasteiger partial charge in [0.2, 0.25) is 0 Å². The van der Waals surface area contributed by atoms with Crippen LogP contribution in [0.2, 0.25) is 0 Å². The number of aromatic carboxylic acids is 1. The fourth-order valence-electron chi connectivity index (χ4n) is 4.19. The highest BCUT2D eigenvalue weighted by Crippen LogP contribution is 2.32. The number of hydrogen-bond donors (Lipinski definition) is 1. The minimum absolute atomic E-state index is 0.376. The summed E-state index contributed by atoms with van der Waals surface area (Å²) in [4.78, 5) is 16.2. The predicted molar refractivity (Wildman–Crippen MR) is 99.2 cm³/mol. The third kappa shape index (κ3) is 3.40. The molecule has 0 saturated carbocycles. The van der Waals surface area contributed by atoms with E-state index in [4.69, 9.17) is 5.11 Å². The van der Waals surface area contributed by atoms with Gasteiger partial charge in [0.25, 0.3) is 0 Å². The van der Waals surface area contributed by atoms with Crippen LogP contribution in [-0.2, 0) is 13.0 Å². The smallest absolute Gasteiger partial charge is 0.335 e. The number of nitrogens with zero attached hydrogens (tertiary/aromatic N) is 2. The van der Waals surface area contributed by atoms with Gasteiger partial charge in [-0.05, 0) is 48.6 Å². The predicted octanol–water partition coefficient (Wildman–Crippen LogP) is 3.41. The zero-order chi connectivity index (χ0) is 17.2. The average molecular weight is 336 g/mol. The summed E-state index contributed by atoms with van der Waals surface area (Å²) in [5.74, 6) is -0.853. The molecule has 2 aromatic rings. The molecule has 1 N–H and O–H groups in total. The number of likely N-dealkylation sites (tertiary alicyclic amines) is 1. The second kappa shape index (κ2) is 6.89. The average Bonchev–Trinajstić information content (AvgIpc) is 3.07. The standard InChI is InChI=1S/C21H24N2O2/c24-21(25)18-6-3-4-16(14-18)15-22-11-9-19(10-12-22)23-13-8-17-5-1-2-7-20(17)23/h1-7,14,19H,8-13,15H2,(H,24,25). The summed E-state index contributed by atoms with van der Waals surface area (Å²) in [6, 6.07) is 16.7. The maximum Gasteiger partial charge on any atom is 0.335 e. The summed E-state index contributed by atoms with van der Waals surface area (Å²) in [5, 5.41) is 9.13. The Labute approximate surface area is 148 Å². The molecule has 1 saturated heterocycles. The number of para-hydroxylation sites is 1. The summed E-state index contributed by atoms with van der Waals surface area (Å²) < 4.78 is 0. The van der Waals surface area contributed by atoms with E-state index >= 15 is 0 Å². The minimum atomic E-state index is -0.853. The van der Waals surface area contributed by atoms with Gasteiger partial charge in [-0.2, -0.15) is 0 Å². The quantitative estimate of drug-likeness (QED) is 0.929. The molecule has 2 aromatic carbocycles. The van der Waals surface area contributed by atoms with Crippen LogP contribution >= 0.6 is 0 Å². The lowest BCUT2D eigenvalue weighted by atomic mass is 10.0. The lowest BCUT2D eigenvalue weighted by Crippen LogP contribution is -2.44. The van der Waals surface area contributed by atoms with Crippen molar-refractivity contribution in [2.45, 2.75) is 31.8 Å². The zero-order valence-electron chi connectivity index (χ0n) is 14.4. The summed E-state index contributed by atoms with van der Waals surface area (Å²) in [7, 11) is 0. The molecule has 0 spiro atoms. The number of benzene rings is 2. The topological polar surface area (TPSA) is 43.8 Å². The molecule has 0 unspecified atom stereocenters. The van der Waals surface area contributed by atoms with Crippen molar-refractivity contribution >= 4 is 11.7 Å². The first-order valence-corrected chi connectivity index (χ1v) is 9.10. The first-order chi connectivity index (χ1) is 12.2. The Morgan fingerprint density at radius 1 is 1.04 bits per heavy atom. The minimum Gasteiger partial charge on any atom is -0.478 e. The van der Waals surface area contributed by atoms with Gasteiger partial charge in [-0.3, -0.25) is 4.90 Å². The van der Waals surface area contributed by atoms with Crippen LogP contribution in [0.4, 0.5) is 5.69 Å². The van der Waals surface area contributed by atoms with E-state index < -0.39 is 5.97 Å². The molecule has 2 aliphatic rings. The lowest BCUT2D eigenvalue weighted by molar-refractivity contribution is 0.0696. The third-order valence-corrected chi connectivity index (χ3v) is 5.50. The molecule has 0 atom stereocenters. The fraction of sp³-hybridized carbons (Fsp3) is 0.381. The third-order valence-electron chi connectivity index (χ3n) is 5.50. The second-order valence-corrected chi connectivity index (χ2v) is 7.08. The van der Waals surface area contributed by atoms with Crippen LogP contribution in [0, 0.1) is 0 Å². The summed E-state index contributed by atoms with van der Waals surface area (Å²) in [6.45, 7) is 4.12. The van der Waals surface area contributed by atoms with E-state index in [9.17, 15) is 4.79 Å². The molecular weight excluding hydrogens is 312 g/mol. The SMILES string of the molecule is O=C(O)c1cccc(CN2CCC(N3CCc4ccccc43)CC2)c1. The van der Waals surface area contributed by atoms with Crippen LogP contribution in [0.25, 0.3) is 0 Å². The molecule has 4 rings (SSSR count). The lowest BCUT2D eigenvalue weighted by Gasteiger charge is -2.38. The molecule has 0 radical (unpaired) electrons. The Hall–Kier alpha value is -2.33. The molecule has 0 bridgehead atoms. The molecule has 0 aliphatic carbocycles. The number of hydrogen-bond acceptors (Lipinski definition) is 3. The number of rotatable bonds is 4. The Kier molecular flexibility index (Phi) is 4.45. The number of carbonyl (C=O) groups is 1. The highest BCUT2D eigenvalue weighted by molar-refractivity contribution is 5.87. The van der Waals surface area contributed by atoms with Crippen LogP contribution in [0.1, 0.15) is 34.3 Å². The van der Waals surface area contributed by atoms with E-state index in [1.165, 1.54) is 30.5 Å². The fourth-order valence-corrected chi connectivity index (χ4v) is 4.19. The van der Waals surface area contributed by atoms with E-state index in [1.54, 1.807) is 12.1 Å². The normalized spacial score (nSPS) is 18.3. The van der Waals surface area contributed by atoms with Gasteiger partial charge in [-0.1, -0.05) is 30.3 Å². The summed E-state index contributed by atoms with van der Waals surface area (Å²) >= 11 is 0. The Balaban J connectivity index is 1.36. The monoisotopic (exact) mass is 336 g/mol. The number of fused-ring (bicyclic) bond motifs is 1. The van der Waals surface area contributed by atoms with Crippen molar-refractivity contribution in [2.24, 2.45) is 0 Å². The first-order valence-electron chi connectivity index (χ1n) is 9.10. The Morgan fingerprint density at radius 3 is 2.64 bits per heavy atom. The zero-order valence-corrected chi connectivity index (χ0v) is 14.4. The van der Waals surface area contributed by atoms with Crippen molar-refractivity contribution in [1.82, 2.24) is 4.90 Å². The van der Waals surface area contributed by atoms with E-state index in [0.29, 0.717) is 11.6 Å². The van der Waals surface area contributed by atoms with Crippen LogP contribution in [0.3, 0.4) is 0 Å². The van der Waals surface area contributed by atoms with Crippen molar-refractivity contribution in [3.8, 4) is 0 Å². The molecule has 4 nitrogen and oxygen atoms in total. The van der Waals surface area contributed by atoms with Crippen LogP contribution in [-0.4, -0.2) is 41.7 Å². The van der Waals surface area contributed by atoms with E-state index in [2.05, 4.69) is 34.1 Å². The van der Waals surface area contributed by atoms with Gasteiger partial charge in [-0.25, -0.2) is 4.79 Å². The largest absolute Gasteiger partial charge is 0.478 e. The number of carboxylic acids is 1. The molecule has 0 aromatic heterocycles. The van der Waals surface area contributed by atoms with Gasteiger partial charge in [0.05, 0.1) is 5.56 Å². The molecule has 4 heteroatoms. The van der Waals surface area contributed by atoms with Gasteiger partial charge in [0, 0.05) is 37.9 Å². The molecular formula is C21H24N2O2. The van der Waals surface area contributed by atoms with Gasteiger partial charge in [0.15, 0.2) is 0 Å². The van der Waals surface area contributed by atoms with Crippen molar-refractivity contribution in [3.05, 3.63) is 65.2 Å². The number of anilines is 1. The molecule has 130 valence electrons. The van der Waals surface area contributed by atoms with Crippen LogP contribution in [0.15, 0.2) is 48.5 Å². The summed E-state index contributed by atoms with van der Waals surface area (Å²) in [6.07, 6.45) is 3.51. The second-order valence-electron chi connectivity index (χ2n) is 7.08. The van der Waals surface area contributed by atoms with Gasteiger partial charge in [0.1, 0.15) is 0 Å². The van der Waals surface area contributed by atoms with Gasteiger partial charge < -0.3 is 10.0 Å². The first kappa shape index (κ1) is 16.2. The molecule has 25 heavy (non-hydrogen) atoms. The maximum atomic E-state index is 11.1. The number of carboxylic acid groups (broad SMARTS) is 1. The van der Waals surface area contributed by atoms with E-state index in [0.717, 1.165) is 31.7 Å². The van der Waals surface area contributed by atoms with Gasteiger partial charge in [-0.15, -0.1) is 0 Å². The van der Waals surface area contributed by atoms with Crippen molar-refractivity contribution in [2.75, 3.05) is 24.5 Å². The molecule has 2 aliphatic heterocycles. The Bertz CT molecular complexity index is 766. The van der Waals surface area contributed by atoms with Crippen LogP contribution in [0.5, 0.6) is 0 Å². The summed E-state index contributed by atoms with van der Waals surface area (Å²) in [5.41, 5.74) is 4.37. The molecule has 1 fully saturated rings. The van der Waals surface area contributed by atoms with Gasteiger partial charge >= 0.3 is 5.97 Å². The highest BCUT2D eigenvalue weighted by Gasteiger charge is 2.28. The van der Waals surface area contributed by atoms with Crippen molar-refractivity contribution in [3.63, 3.8) is 0 Å². The highest BCUT2D eigenvalue weighted by atomic mass is 16.4.